The van der Waals surface area contributed by atoms with E-state index in [1.165, 1.54) is 58.4 Å². The van der Waals surface area contributed by atoms with Crippen molar-refractivity contribution in [2.24, 2.45) is 0 Å². The van der Waals surface area contributed by atoms with Gasteiger partial charge in [0, 0.05) is 36.9 Å². The van der Waals surface area contributed by atoms with Gasteiger partial charge in [0.25, 0.3) is 0 Å². The summed E-state index contributed by atoms with van der Waals surface area (Å²) in [5.74, 6) is 0.700. The largest absolute Gasteiger partial charge is 0.228 e. The molecule has 0 aliphatic heterocycles. The molecular weight excluding hydrogens is 709 g/mol. The van der Waals surface area contributed by atoms with Gasteiger partial charge in [0.15, 0.2) is 5.82 Å². The summed E-state index contributed by atoms with van der Waals surface area (Å²) in [6.45, 7) is 0. The molecule has 11 aromatic rings. The number of fused-ring (bicyclic) bond motifs is 6. The van der Waals surface area contributed by atoms with Crippen LogP contribution in [-0.2, 0) is 0 Å². The van der Waals surface area contributed by atoms with Crippen LogP contribution in [0.4, 0.5) is 0 Å². The standard InChI is InChI=1S/C54H34N2S/c1-3-11-35(12-4-1)36-19-21-37(22-20-36)43-29-44(41-27-28-53-49(32-41)47-17-9-10-18-52(47)57-53)31-45(30-43)51-34-50(55-54(56-51)40-14-5-2-6-15-40)42-26-25-39-24-23-38-13-7-8-16-46(38)48(39)33-42/h1-34H. The highest BCUT2D eigenvalue weighted by Crippen LogP contribution is 2.40. The Morgan fingerprint density at radius 2 is 0.754 bits per heavy atom. The van der Waals surface area contributed by atoms with Gasteiger partial charge in [-0.3, -0.25) is 0 Å². The van der Waals surface area contributed by atoms with E-state index in [2.05, 4.69) is 200 Å². The molecule has 11 rings (SSSR count). The molecule has 0 radical (unpaired) electrons. The second-order valence-electron chi connectivity index (χ2n) is 14.6. The van der Waals surface area contributed by atoms with Gasteiger partial charge in [0.2, 0.25) is 0 Å². The van der Waals surface area contributed by atoms with Crippen LogP contribution in [0.3, 0.4) is 0 Å². The first kappa shape index (κ1) is 33.2. The minimum atomic E-state index is 0.700. The highest BCUT2D eigenvalue weighted by molar-refractivity contribution is 7.25. The SMILES string of the molecule is c1ccc(-c2ccc(-c3cc(-c4ccc5sc6ccccc6c5c4)cc(-c4cc(-c5ccc6ccc7ccccc7c6c5)nc(-c5ccccc5)n4)c3)cc2)cc1. The lowest BCUT2D eigenvalue weighted by molar-refractivity contribution is 1.18. The first-order chi connectivity index (χ1) is 28.2. The molecule has 0 bridgehead atoms. The van der Waals surface area contributed by atoms with Crippen LogP contribution in [0, 0.1) is 0 Å². The second-order valence-corrected chi connectivity index (χ2v) is 15.7. The first-order valence-corrected chi connectivity index (χ1v) is 20.1. The Kier molecular flexibility index (Phi) is 8.04. The molecule has 0 saturated heterocycles. The van der Waals surface area contributed by atoms with Crippen molar-refractivity contribution in [3.8, 4) is 67.3 Å². The molecule has 3 heteroatoms. The van der Waals surface area contributed by atoms with Gasteiger partial charge in [-0.1, -0.05) is 158 Å². The van der Waals surface area contributed by atoms with Crippen molar-refractivity contribution in [2.75, 3.05) is 0 Å². The molecule has 2 heterocycles. The predicted molar refractivity (Wildman–Crippen MR) is 243 cm³/mol. The van der Waals surface area contributed by atoms with Crippen LogP contribution in [0.15, 0.2) is 206 Å². The van der Waals surface area contributed by atoms with Crippen LogP contribution in [0.5, 0.6) is 0 Å². The lowest BCUT2D eigenvalue weighted by atomic mass is 9.93. The van der Waals surface area contributed by atoms with Crippen molar-refractivity contribution in [2.45, 2.75) is 0 Å². The molecule has 266 valence electrons. The molecule has 0 unspecified atom stereocenters. The molecule has 0 spiro atoms. The maximum Gasteiger partial charge on any atom is 0.160 e. The number of hydrogen-bond acceptors (Lipinski definition) is 3. The molecule has 2 aromatic heterocycles. The number of benzene rings is 9. The van der Waals surface area contributed by atoms with Crippen molar-refractivity contribution in [1.29, 1.82) is 0 Å². The van der Waals surface area contributed by atoms with Gasteiger partial charge in [0.1, 0.15) is 0 Å². The zero-order chi connectivity index (χ0) is 37.7. The third-order valence-corrected chi connectivity index (χ3v) is 12.2. The fourth-order valence-corrected chi connectivity index (χ4v) is 9.21. The van der Waals surface area contributed by atoms with Crippen LogP contribution in [0.1, 0.15) is 0 Å². The summed E-state index contributed by atoms with van der Waals surface area (Å²) in [6, 6.07) is 74.2. The third-order valence-electron chi connectivity index (χ3n) is 11.1. The fraction of sp³-hybridized carbons (Fsp3) is 0. The Bertz CT molecular complexity index is 3270. The molecule has 0 atom stereocenters. The molecule has 0 amide bonds. The van der Waals surface area contributed by atoms with Gasteiger partial charge in [0.05, 0.1) is 11.4 Å². The number of hydrogen-bond donors (Lipinski definition) is 0. The van der Waals surface area contributed by atoms with Crippen molar-refractivity contribution in [3.05, 3.63) is 206 Å². The first-order valence-electron chi connectivity index (χ1n) is 19.3. The van der Waals surface area contributed by atoms with Gasteiger partial charge < -0.3 is 0 Å². The number of rotatable bonds is 6. The molecule has 0 aliphatic rings. The van der Waals surface area contributed by atoms with Crippen LogP contribution >= 0.6 is 11.3 Å². The minimum absolute atomic E-state index is 0.700. The summed E-state index contributed by atoms with van der Waals surface area (Å²) in [5.41, 5.74) is 11.9. The summed E-state index contributed by atoms with van der Waals surface area (Å²) in [6.07, 6.45) is 0. The van der Waals surface area contributed by atoms with E-state index < -0.39 is 0 Å². The van der Waals surface area contributed by atoms with Crippen LogP contribution in [-0.4, -0.2) is 9.97 Å². The van der Waals surface area contributed by atoms with E-state index in [0.29, 0.717) is 5.82 Å². The maximum absolute atomic E-state index is 5.31. The van der Waals surface area contributed by atoms with Crippen molar-refractivity contribution >= 4 is 53.1 Å². The highest BCUT2D eigenvalue weighted by Gasteiger charge is 2.16. The Labute approximate surface area is 335 Å². The number of thiophene rings is 1. The van der Waals surface area contributed by atoms with E-state index in [1.54, 1.807) is 0 Å². The third kappa shape index (κ3) is 6.15. The second kappa shape index (κ2) is 13.8. The maximum atomic E-state index is 5.31. The van der Waals surface area contributed by atoms with E-state index in [4.69, 9.17) is 9.97 Å². The van der Waals surface area contributed by atoms with Gasteiger partial charge in [-0.25, -0.2) is 9.97 Å². The lowest BCUT2D eigenvalue weighted by Gasteiger charge is -2.14. The molecule has 0 aliphatic carbocycles. The van der Waals surface area contributed by atoms with Gasteiger partial charge >= 0.3 is 0 Å². The van der Waals surface area contributed by atoms with Crippen molar-refractivity contribution < 1.29 is 0 Å². The van der Waals surface area contributed by atoms with Crippen LogP contribution in [0.25, 0.3) is 109 Å². The summed E-state index contributed by atoms with van der Waals surface area (Å²) < 4.78 is 2.60. The summed E-state index contributed by atoms with van der Waals surface area (Å²) in [7, 11) is 0. The molecule has 2 nitrogen and oxygen atoms in total. The molecular formula is C54H34N2S. The van der Waals surface area contributed by atoms with Gasteiger partial charge in [-0.05, 0) is 103 Å². The zero-order valence-electron chi connectivity index (χ0n) is 30.9. The van der Waals surface area contributed by atoms with E-state index in [1.807, 2.05) is 17.4 Å². The Hall–Kier alpha value is -7.20. The Balaban J connectivity index is 1.11. The van der Waals surface area contributed by atoms with Gasteiger partial charge in [-0.15, -0.1) is 11.3 Å². The predicted octanol–water partition coefficient (Wildman–Crippen LogP) is 15.2. The summed E-state index contributed by atoms with van der Waals surface area (Å²) in [4.78, 5) is 10.5. The topological polar surface area (TPSA) is 25.8 Å². The van der Waals surface area contributed by atoms with Gasteiger partial charge in [-0.2, -0.15) is 0 Å². The zero-order valence-corrected chi connectivity index (χ0v) is 31.7. The van der Waals surface area contributed by atoms with Crippen LogP contribution in [0.2, 0.25) is 0 Å². The minimum Gasteiger partial charge on any atom is -0.228 e. The Morgan fingerprint density at radius 3 is 1.53 bits per heavy atom. The fourth-order valence-electron chi connectivity index (χ4n) is 8.12. The van der Waals surface area contributed by atoms with E-state index in [-0.39, 0.29) is 0 Å². The molecule has 9 aromatic carbocycles. The summed E-state index contributed by atoms with van der Waals surface area (Å²) in [5, 5.41) is 7.47. The number of aromatic nitrogens is 2. The molecule has 57 heavy (non-hydrogen) atoms. The van der Waals surface area contributed by atoms with E-state index >= 15 is 0 Å². The summed E-state index contributed by atoms with van der Waals surface area (Å²) >= 11 is 1.85. The molecule has 0 saturated carbocycles. The van der Waals surface area contributed by atoms with E-state index in [9.17, 15) is 0 Å². The lowest BCUT2D eigenvalue weighted by Crippen LogP contribution is -1.96. The highest BCUT2D eigenvalue weighted by atomic mass is 32.1. The average molecular weight is 743 g/mol. The van der Waals surface area contributed by atoms with E-state index in [0.717, 1.165) is 44.8 Å². The molecule has 0 N–H and O–H groups in total. The quantitative estimate of drug-likeness (QED) is 0.159. The average Bonchev–Trinajstić information content (AvgIpc) is 3.67. The van der Waals surface area contributed by atoms with Crippen molar-refractivity contribution in [3.63, 3.8) is 0 Å². The monoisotopic (exact) mass is 742 g/mol. The number of nitrogens with zero attached hydrogens (tertiary/aromatic N) is 2. The normalized spacial score (nSPS) is 11.5. The molecule has 0 fully saturated rings. The van der Waals surface area contributed by atoms with Crippen LogP contribution < -0.4 is 0 Å². The smallest absolute Gasteiger partial charge is 0.160 e. The Morgan fingerprint density at radius 1 is 0.263 bits per heavy atom. The van der Waals surface area contributed by atoms with Crippen molar-refractivity contribution in [1.82, 2.24) is 9.97 Å².